The zero-order valence-electron chi connectivity index (χ0n) is 13.8. The summed E-state index contributed by atoms with van der Waals surface area (Å²) in [6.07, 6.45) is 2.99. The molecule has 2 saturated heterocycles. The van der Waals surface area contributed by atoms with Crippen molar-refractivity contribution in [2.75, 3.05) is 40.0 Å². The number of fused-ring (bicyclic) bond motifs is 1. The highest BCUT2D eigenvalue weighted by Gasteiger charge is 2.44. The standard InChI is InChI=1S/C18H26N2O3/c1-19-9-6-16(21)18(11-19)7-3-8-20(12-18)10-14-4-2-5-15-17(14)23-13-22-15/h2,4-5,16,21H,3,6-13H2,1H3/t16-,18-/m0/s1. The Labute approximate surface area is 137 Å². The molecule has 1 aromatic rings. The lowest BCUT2D eigenvalue weighted by atomic mass is 9.71. The van der Waals surface area contributed by atoms with E-state index in [9.17, 15) is 5.11 Å². The van der Waals surface area contributed by atoms with Crippen LogP contribution in [-0.2, 0) is 6.54 Å². The van der Waals surface area contributed by atoms with Crippen molar-refractivity contribution in [3.05, 3.63) is 23.8 Å². The molecule has 4 rings (SSSR count). The van der Waals surface area contributed by atoms with Gasteiger partial charge >= 0.3 is 0 Å². The number of hydrogen-bond donors (Lipinski definition) is 1. The van der Waals surface area contributed by atoms with Gasteiger partial charge in [-0.1, -0.05) is 12.1 Å². The molecule has 3 heterocycles. The highest BCUT2D eigenvalue weighted by molar-refractivity contribution is 5.48. The van der Waals surface area contributed by atoms with Gasteiger partial charge in [-0.05, 0) is 38.9 Å². The largest absolute Gasteiger partial charge is 0.454 e. The molecule has 1 aromatic carbocycles. The first-order chi connectivity index (χ1) is 11.2. The maximum atomic E-state index is 10.6. The molecule has 23 heavy (non-hydrogen) atoms. The molecule has 1 N–H and O–H groups in total. The van der Waals surface area contributed by atoms with Crippen LogP contribution in [0.15, 0.2) is 18.2 Å². The van der Waals surface area contributed by atoms with E-state index in [1.54, 1.807) is 0 Å². The molecule has 0 saturated carbocycles. The van der Waals surface area contributed by atoms with Crippen molar-refractivity contribution in [2.45, 2.75) is 31.9 Å². The Morgan fingerprint density at radius 3 is 3.09 bits per heavy atom. The van der Waals surface area contributed by atoms with E-state index in [2.05, 4.69) is 22.9 Å². The van der Waals surface area contributed by atoms with Crippen LogP contribution in [0.1, 0.15) is 24.8 Å². The average molecular weight is 318 g/mol. The molecule has 2 atom stereocenters. The molecule has 0 unspecified atom stereocenters. The summed E-state index contributed by atoms with van der Waals surface area (Å²) in [6, 6.07) is 6.12. The molecule has 126 valence electrons. The van der Waals surface area contributed by atoms with Crippen molar-refractivity contribution in [1.29, 1.82) is 0 Å². The summed E-state index contributed by atoms with van der Waals surface area (Å²) in [5.41, 5.74) is 1.22. The van der Waals surface area contributed by atoms with E-state index in [0.717, 1.165) is 63.5 Å². The van der Waals surface area contributed by atoms with E-state index in [4.69, 9.17) is 9.47 Å². The van der Waals surface area contributed by atoms with Crippen molar-refractivity contribution in [1.82, 2.24) is 9.80 Å². The zero-order chi connectivity index (χ0) is 15.9. The van der Waals surface area contributed by atoms with Crippen molar-refractivity contribution < 1.29 is 14.6 Å². The quantitative estimate of drug-likeness (QED) is 0.899. The number of nitrogens with zero attached hydrogens (tertiary/aromatic N) is 2. The Kier molecular flexibility index (Phi) is 3.95. The van der Waals surface area contributed by atoms with Crippen LogP contribution < -0.4 is 9.47 Å². The monoisotopic (exact) mass is 318 g/mol. The number of benzene rings is 1. The van der Waals surface area contributed by atoms with Gasteiger partial charge in [0.1, 0.15) is 0 Å². The van der Waals surface area contributed by atoms with Crippen LogP contribution >= 0.6 is 0 Å². The van der Waals surface area contributed by atoms with Crippen LogP contribution in [0.3, 0.4) is 0 Å². The molecule has 5 heteroatoms. The van der Waals surface area contributed by atoms with Crippen LogP contribution in [0.2, 0.25) is 0 Å². The van der Waals surface area contributed by atoms with Crippen LogP contribution in [0.25, 0.3) is 0 Å². The summed E-state index contributed by atoms with van der Waals surface area (Å²) >= 11 is 0. The van der Waals surface area contributed by atoms with Crippen molar-refractivity contribution in [3.8, 4) is 11.5 Å². The fraction of sp³-hybridized carbons (Fsp3) is 0.667. The van der Waals surface area contributed by atoms with Gasteiger partial charge in [-0.2, -0.15) is 0 Å². The fourth-order valence-corrected chi connectivity index (χ4v) is 4.52. The first kappa shape index (κ1) is 15.2. The van der Waals surface area contributed by atoms with Gasteiger partial charge in [0.15, 0.2) is 11.5 Å². The summed E-state index contributed by atoms with van der Waals surface area (Å²) in [6.45, 7) is 5.23. The third-order valence-electron chi connectivity index (χ3n) is 5.64. The van der Waals surface area contributed by atoms with Gasteiger partial charge in [0.05, 0.1) is 6.10 Å². The number of rotatable bonds is 2. The molecule has 3 aliphatic rings. The van der Waals surface area contributed by atoms with Crippen molar-refractivity contribution in [3.63, 3.8) is 0 Å². The van der Waals surface area contributed by atoms with E-state index >= 15 is 0 Å². The number of hydrogen-bond acceptors (Lipinski definition) is 5. The minimum Gasteiger partial charge on any atom is -0.454 e. The number of ether oxygens (including phenoxy) is 2. The molecular weight excluding hydrogens is 292 g/mol. The Bertz CT molecular complexity index is 579. The zero-order valence-corrected chi connectivity index (χ0v) is 13.8. The normalized spacial score (nSPS) is 31.7. The third-order valence-corrected chi connectivity index (χ3v) is 5.64. The highest BCUT2D eigenvalue weighted by Crippen LogP contribution is 2.40. The maximum Gasteiger partial charge on any atom is 0.231 e. The average Bonchev–Trinajstić information content (AvgIpc) is 3.01. The van der Waals surface area contributed by atoms with Gasteiger partial charge in [-0.3, -0.25) is 4.90 Å². The second kappa shape index (κ2) is 5.96. The van der Waals surface area contributed by atoms with Crippen molar-refractivity contribution in [2.24, 2.45) is 5.41 Å². The van der Waals surface area contributed by atoms with Gasteiger partial charge in [0.2, 0.25) is 6.79 Å². The molecule has 0 aliphatic carbocycles. The molecule has 0 amide bonds. The predicted octanol–water partition coefficient (Wildman–Crippen LogP) is 1.69. The number of piperidine rings is 2. The molecule has 0 bridgehead atoms. The SMILES string of the molecule is CN1CC[C@H](O)[C@@]2(CCCN(Cc3cccc4c3OCO4)C2)C1. The Balaban J connectivity index is 1.51. The van der Waals surface area contributed by atoms with E-state index in [1.807, 2.05) is 12.1 Å². The molecule has 0 radical (unpaired) electrons. The van der Waals surface area contributed by atoms with Crippen LogP contribution in [0.4, 0.5) is 0 Å². The molecular formula is C18H26N2O3. The highest BCUT2D eigenvalue weighted by atomic mass is 16.7. The third kappa shape index (κ3) is 2.82. The summed E-state index contributed by atoms with van der Waals surface area (Å²) in [5, 5.41) is 10.6. The molecule has 0 aromatic heterocycles. The summed E-state index contributed by atoms with van der Waals surface area (Å²) in [4.78, 5) is 4.84. The lowest BCUT2D eigenvalue weighted by Gasteiger charge is -2.50. The van der Waals surface area contributed by atoms with Gasteiger partial charge in [-0.25, -0.2) is 0 Å². The lowest BCUT2D eigenvalue weighted by molar-refractivity contribution is -0.0808. The first-order valence-electron chi connectivity index (χ1n) is 8.63. The number of para-hydroxylation sites is 1. The topological polar surface area (TPSA) is 45.2 Å². The minimum absolute atomic E-state index is 0.0283. The minimum atomic E-state index is -0.178. The summed E-state index contributed by atoms with van der Waals surface area (Å²) in [7, 11) is 2.17. The predicted molar refractivity (Wildman–Crippen MR) is 87.6 cm³/mol. The first-order valence-corrected chi connectivity index (χ1v) is 8.63. The maximum absolute atomic E-state index is 10.6. The molecule has 3 aliphatic heterocycles. The smallest absolute Gasteiger partial charge is 0.231 e. The molecule has 1 spiro atoms. The van der Waals surface area contributed by atoms with Gasteiger partial charge in [-0.15, -0.1) is 0 Å². The fourth-order valence-electron chi connectivity index (χ4n) is 4.52. The summed E-state index contributed by atoms with van der Waals surface area (Å²) in [5.74, 6) is 1.75. The van der Waals surface area contributed by atoms with Crippen LogP contribution in [0, 0.1) is 5.41 Å². The van der Waals surface area contributed by atoms with E-state index in [1.165, 1.54) is 5.56 Å². The second-order valence-corrected chi connectivity index (χ2v) is 7.37. The number of aliphatic hydroxyl groups excluding tert-OH is 1. The molecule has 5 nitrogen and oxygen atoms in total. The Morgan fingerprint density at radius 1 is 1.26 bits per heavy atom. The Hall–Kier alpha value is -1.30. The van der Waals surface area contributed by atoms with E-state index in [0.29, 0.717) is 6.79 Å². The van der Waals surface area contributed by atoms with E-state index < -0.39 is 0 Å². The molecule has 2 fully saturated rings. The van der Waals surface area contributed by atoms with Crippen LogP contribution in [-0.4, -0.2) is 61.0 Å². The van der Waals surface area contributed by atoms with E-state index in [-0.39, 0.29) is 11.5 Å². The second-order valence-electron chi connectivity index (χ2n) is 7.37. The van der Waals surface area contributed by atoms with Gasteiger partial charge in [0, 0.05) is 37.2 Å². The number of likely N-dealkylation sites (tertiary alicyclic amines) is 2. The number of aliphatic hydroxyl groups is 1. The Morgan fingerprint density at radius 2 is 2.17 bits per heavy atom. The lowest BCUT2D eigenvalue weighted by Crippen LogP contribution is -2.58. The summed E-state index contributed by atoms with van der Waals surface area (Å²) < 4.78 is 11.1. The van der Waals surface area contributed by atoms with Gasteiger partial charge in [0.25, 0.3) is 0 Å². The van der Waals surface area contributed by atoms with Crippen molar-refractivity contribution >= 4 is 0 Å². The van der Waals surface area contributed by atoms with Crippen LogP contribution in [0.5, 0.6) is 11.5 Å². The van der Waals surface area contributed by atoms with Gasteiger partial charge < -0.3 is 19.5 Å².